The quantitative estimate of drug-likeness (QED) is 0.820. The molecule has 1 aliphatic heterocycles. The predicted molar refractivity (Wildman–Crippen MR) is 94.9 cm³/mol. The van der Waals surface area contributed by atoms with E-state index in [0.29, 0.717) is 30.2 Å². The second-order valence-electron chi connectivity index (χ2n) is 6.58. The third-order valence-electron chi connectivity index (χ3n) is 5.01. The molecule has 2 fully saturated rings. The van der Waals surface area contributed by atoms with Crippen molar-refractivity contribution < 1.29 is 13.9 Å². The van der Waals surface area contributed by atoms with Gasteiger partial charge < -0.3 is 20.1 Å². The van der Waals surface area contributed by atoms with E-state index in [2.05, 4.69) is 10.6 Å². The first-order valence-electron chi connectivity index (χ1n) is 8.58. The Morgan fingerprint density at radius 3 is 3.00 bits per heavy atom. The Hall–Kier alpha value is -0.720. The van der Waals surface area contributed by atoms with Crippen molar-refractivity contribution in [1.82, 2.24) is 10.6 Å². The van der Waals surface area contributed by atoms with Crippen molar-refractivity contribution in [1.29, 1.82) is 0 Å². The minimum Gasteiger partial charge on any atom is -0.380 e. The van der Waals surface area contributed by atoms with Gasteiger partial charge in [0.25, 0.3) is 0 Å². The Kier molecular flexibility index (Phi) is 7.91. The first-order chi connectivity index (χ1) is 11.3. The lowest BCUT2D eigenvalue weighted by Crippen LogP contribution is -2.50. The molecule has 4 nitrogen and oxygen atoms in total. The standard InChI is InChI=1S/C18H27FN2O2.ClH/c1-22-11-14-9-13(5-6-16(14)19)10-21-17-4-2-3-15(17)18-12-23-8-7-20-18;/h5-6,9,15,17-18,20-21H,2-4,7-8,10-12H2,1H3;1H. The fourth-order valence-corrected chi connectivity index (χ4v) is 3.84. The topological polar surface area (TPSA) is 42.5 Å². The summed E-state index contributed by atoms with van der Waals surface area (Å²) >= 11 is 0. The maximum absolute atomic E-state index is 13.7. The molecule has 0 spiro atoms. The molecule has 1 aliphatic carbocycles. The van der Waals surface area contributed by atoms with E-state index in [1.165, 1.54) is 25.3 Å². The highest BCUT2D eigenvalue weighted by atomic mass is 35.5. The molecule has 0 bridgehead atoms. The second-order valence-corrected chi connectivity index (χ2v) is 6.58. The number of morpholine rings is 1. The van der Waals surface area contributed by atoms with Crippen LogP contribution in [0.1, 0.15) is 30.4 Å². The molecule has 0 aromatic heterocycles. The molecule has 2 aliphatic rings. The molecule has 3 atom stereocenters. The van der Waals surface area contributed by atoms with Crippen LogP contribution in [0.25, 0.3) is 0 Å². The van der Waals surface area contributed by atoms with Crippen molar-refractivity contribution >= 4 is 12.4 Å². The highest BCUT2D eigenvalue weighted by Crippen LogP contribution is 2.29. The van der Waals surface area contributed by atoms with Gasteiger partial charge in [0.15, 0.2) is 0 Å². The van der Waals surface area contributed by atoms with Crippen molar-refractivity contribution in [3.63, 3.8) is 0 Å². The van der Waals surface area contributed by atoms with Gasteiger partial charge in [0, 0.05) is 37.8 Å². The van der Waals surface area contributed by atoms with Gasteiger partial charge in [-0.1, -0.05) is 12.5 Å². The average Bonchev–Trinajstić information content (AvgIpc) is 3.05. The van der Waals surface area contributed by atoms with Crippen molar-refractivity contribution in [3.05, 3.63) is 35.1 Å². The third-order valence-corrected chi connectivity index (χ3v) is 5.01. The third kappa shape index (κ3) is 4.90. The largest absolute Gasteiger partial charge is 0.380 e. The summed E-state index contributed by atoms with van der Waals surface area (Å²) < 4.78 is 24.4. The molecule has 2 N–H and O–H groups in total. The normalized spacial score (nSPS) is 27.0. The fraction of sp³-hybridized carbons (Fsp3) is 0.667. The zero-order chi connectivity index (χ0) is 16.1. The Morgan fingerprint density at radius 2 is 2.25 bits per heavy atom. The van der Waals surface area contributed by atoms with Crippen molar-refractivity contribution in [2.75, 3.05) is 26.9 Å². The molecular formula is C18H28ClFN2O2. The summed E-state index contributed by atoms with van der Waals surface area (Å²) in [6, 6.07) is 6.25. The maximum atomic E-state index is 13.7. The van der Waals surface area contributed by atoms with E-state index in [1.54, 1.807) is 7.11 Å². The van der Waals surface area contributed by atoms with E-state index in [1.807, 2.05) is 12.1 Å². The molecular weight excluding hydrogens is 331 g/mol. The number of ether oxygens (including phenoxy) is 2. The van der Waals surface area contributed by atoms with Crippen LogP contribution in [-0.4, -0.2) is 39.0 Å². The van der Waals surface area contributed by atoms with Crippen LogP contribution in [0.4, 0.5) is 4.39 Å². The summed E-state index contributed by atoms with van der Waals surface area (Å²) in [5.41, 5.74) is 1.73. The number of hydrogen-bond acceptors (Lipinski definition) is 4. The monoisotopic (exact) mass is 358 g/mol. The molecule has 1 aromatic carbocycles. The van der Waals surface area contributed by atoms with Gasteiger partial charge in [-0.05, 0) is 36.5 Å². The minimum atomic E-state index is -0.196. The molecule has 3 rings (SSSR count). The van der Waals surface area contributed by atoms with Gasteiger partial charge in [-0.15, -0.1) is 12.4 Å². The molecule has 1 heterocycles. The van der Waals surface area contributed by atoms with Gasteiger partial charge >= 0.3 is 0 Å². The maximum Gasteiger partial charge on any atom is 0.128 e. The van der Waals surface area contributed by atoms with E-state index in [9.17, 15) is 4.39 Å². The predicted octanol–water partition coefficient (Wildman–Crippen LogP) is 2.64. The summed E-state index contributed by atoms with van der Waals surface area (Å²) in [6.07, 6.45) is 3.71. The van der Waals surface area contributed by atoms with E-state index in [4.69, 9.17) is 9.47 Å². The Bertz CT molecular complexity index is 512. The lowest BCUT2D eigenvalue weighted by atomic mass is 9.94. The SMILES string of the molecule is COCc1cc(CNC2CCCC2C2COCCN2)ccc1F.Cl. The summed E-state index contributed by atoms with van der Waals surface area (Å²) in [7, 11) is 1.59. The van der Waals surface area contributed by atoms with Crippen molar-refractivity contribution in [3.8, 4) is 0 Å². The molecule has 24 heavy (non-hydrogen) atoms. The van der Waals surface area contributed by atoms with E-state index in [0.717, 1.165) is 31.9 Å². The van der Waals surface area contributed by atoms with Gasteiger partial charge in [0.2, 0.25) is 0 Å². The fourth-order valence-electron chi connectivity index (χ4n) is 3.84. The van der Waals surface area contributed by atoms with Crippen LogP contribution in [0, 0.1) is 11.7 Å². The summed E-state index contributed by atoms with van der Waals surface area (Å²) in [6.45, 7) is 3.67. The van der Waals surface area contributed by atoms with E-state index in [-0.39, 0.29) is 18.2 Å². The Labute approximate surface area is 149 Å². The van der Waals surface area contributed by atoms with Crippen LogP contribution in [-0.2, 0) is 22.6 Å². The molecule has 136 valence electrons. The smallest absolute Gasteiger partial charge is 0.128 e. The van der Waals surface area contributed by atoms with Gasteiger partial charge in [-0.3, -0.25) is 0 Å². The summed E-state index contributed by atoms with van der Waals surface area (Å²) in [5.74, 6) is 0.423. The number of halogens is 2. The van der Waals surface area contributed by atoms with Crippen LogP contribution in [0.3, 0.4) is 0 Å². The Balaban J connectivity index is 0.00000208. The average molecular weight is 359 g/mol. The molecule has 1 aromatic rings. The van der Waals surface area contributed by atoms with Gasteiger partial charge in [0.1, 0.15) is 5.82 Å². The van der Waals surface area contributed by atoms with Crippen molar-refractivity contribution in [2.24, 2.45) is 5.92 Å². The molecule has 3 unspecified atom stereocenters. The first-order valence-corrected chi connectivity index (χ1v) is 8.58. The van der Waals surface area contributed by atoms with Crippen LogP contribution in [0.2, 0.25) is 0 Å². The number of nitrogens with one attached hydrogen (secondary N) is 2. The molecule has 0 radical (unpaired) electrons. The van der Waals surface area contributed by atoms with E-state index < -0.39 is 0 Å². The zero-order valence-corrected chi connectivity index (χ0v) is 15.0. The first kappa shape index (κ1) is 19.6. The van der Waals surface area contributed by atoms with Crippen molar-refractivity contribution in [2.45, 2.75) is 44.5 Å². The number of methoxy groups -OCH3 is 1. The second kappa shape index (κ2) is 9.68. The van der Waals surface area contributed by atoms with Crippen LogP contribution in [0.15, 0.2) is 18.2 Å². The molecule has 6 heteroatoms. The summed E-state index contributed by atoms with van der Waals surface area (Å²) in [5, 5.41) is 7.27. The van der Waals surface area contributed by atoms with Crippen LogP contribution >= 0.6 is 12.4 Å². The number of hydrogen-bond donors (Lipinski definition) is 2. The molecule has 1 saturated heterocycles. The number of benzene rings is 1. The summed E-state index contributed by atoms with van der Waals surface area (Å²) in [4.78, 5) is 0. The zero-order valence-electron chi connectivity index (χ0n) is 14.2. The van der Waals surface area contributed by atoms with E-state index >= 15 is 0 Å². The van der Waals surface area contributed by atoms with Crippen LogP contribution < -0.4 is 10.6 Å². The highest BCUT2D eigenvalue weighted by molar-refractivity contribution is 5.85. The lowest BCUT2D eigenvalue weighted by Gasteiger charge is -2.33. The molecule has 0 amide bonds. The Morgan fingerprint density at radius 1 is 1.38 bits per heavy atom. The van der Waals surface area contributed by atoms with Gasteiger partial charge in [-0.25, -0.2) is 4.39 Å². The van der Waals surface area contributed by atoms with Crippen LogP contribution in [0.5, 0.6) is 0 Å². The van der Waals surface area contributed by atoms with Gasteiger partial charge in [0.05, 0.1) is 19.8 Å². The number of rotatable bonds is 6. The lowest BCUT2D eigenvalue weighted by molar-refractivity contribution is 0.0524. The minimum absolute atomic E-state index is 0. The highest BCUT2D eigenvalue weighted by Gasteiger charge is 2.34. The van der Waals surface area contributed by atoms with Gasteiger partial charge in [-0.2, -0.15) is 0 Å². The molecule has 1 saturated carbocycles.